The Balaban J connectivity index is 1.46. The predicted molar refractivity (Wildman–Crippen MR) is 129 cm³/mol. The number of hydrogen-bond acceptors (Lipinski definition) is 10. The summed E-state index contributed by atoms with van der Waals surface area (Å²) >= 11 is 0. The molecule has 10 nitrogen and oxygen atoms in total. The number of aromatic nitrogens is 4. The topological polar surface area (TPSA) is 114 Å². The molecule has 5 heterocycles. The van der Waals surface area contributed by atoms with Crippen molar-refractivity contribution in [3.63, 3.8) is 0 Å². The van der Waals surface area contributed by atoms with Crippen LogP contribution in [0.1, 0.15) is 11.7 Å². The Morgan fingerprint density at radius 2 is 1.97 bits per heavy atom. The molecule has 2 aliphatic rings. The minimum atomic E-state index is -0.349. The first-order valence-electron chi connectivity index (χ1n) is 11.3. The third-order valence-corrected chi connectivity index (χ3v) is 6.30. The van der Waals surface area contributed by atoms with Gasteiger partial charge in [-0.25, -0.2) is 19.9 Å². The van der Waals surface area contributed by atoms with Crippen LogP contribution in [-0.4, -0.2) is 63.8 Å². The average Bonchev–Trinajstić information content (AvgIpc) is 3.29. The van der Waals surface area contributed by atoms with Crippen LogP contribution in [0.2, 0.25) is 0 Å². The number of anilines is 2. The molecule has 4 aromatic rings. The van der Waals surface area contributed by atoms with Gasteiger partial charge in [0.05, 0.1) is 42.1 Å². The first kappa shape index (κ1) is 21.4. The number of piperazine rings is 1. The van der Waals surface area contributed by atoms with Gasteiger partial charge >= 0.3 is 5.97 Å². The highest BCUT2D eigenvalue weighted by atomic mass is 16.6. The quantitative estimate of drug-likeness (QED) is 0.423. The summed E-state index contributed by atoms with van der Waals surface area (Å²) in [7, 11) is 1.60. The maximum absolute atomic E-state index is 12.3. The summed E-state index contributed by atoms with van der Waals surface area (Å²) in [5, 5.41) is 7.44. The lowest BCUT2D eigenvalue weighted by Gasteiger charge is -2.35. The summed E-state index contributed by atoms with van der Waals surface area (Å²) < 4.78 is 11.0. The Bertz CT molecular complexity index is 1400. The van der Waals surface area contributed by atoms with E-state index in [-0.39, 0.29) is 24.8 Å². The van der Waals surface area contributed by atoms with Gasteiger partial charge in [-0.2, -0.15) is 0 Å². The number of pyridine rings is 2. The average molecular weight is 470 g/mol. The fraction of sp³-hybridized carbons (Fsp3) is 0.240. The SMILES string of the molecule is COc1cncc2nc(-c3ccnc(Nc4ccccc4)c3)nc(C3CNCC4C(=O)OCN43)c12. The van der Waals surface area contributed by atoms with Gasteiger partial charge in [-0.1, -0.05) is 18.2 Å². The smallest absolute Gasteiger partial charge is 0.326 e. The van der Waals surface area contributed by atoms with Crippen LogP contribution in [0.4, 0.5) is 11.5 Å². The van der Waals surface area contributed by atoms with Crippen molar-refractivity contribution in [2.24, 2.45) is 0 Å². The third-order valence-electron chi connectivity index (χ3n) is 6.30. The summed E-state index contributed by atoms with van der Waals surface area (Å²) in [6, 6.07) is 13.1. The fourth-order valence-corrected chi connectivity index (χ4v) is 4.61. The molecule has 0 spiro atoms. The molecule has 1 aromatic carbocycles. The van der Waals surface area contributed by atoms with Gasteiger partial charge in [0, 0.05) is 30.5 Å². The maximum atomic E-state index is 12.3. The summed E-state index contributed by atoms with van der Waals surface area (Å²) in [6.07, 6.45) is 5.08. The van der Waals surface area contributed by atoms with Crippen LogP contribution in [0.5, 0.6) is 5.75 Å². The Labute approximate surface area is 201 Å². The fourth-order valence-electron chi connectivity index (χ4n) is 4.61. The van der Waals surface area contributed by atoms with Gasteiger partial charge in [0.25, 0.3) is 0 Å². The largest absolute Gasteiger partial charge is 0.494 e. The second-order valence-corrected chi connectivity index (χ2v) is 8.39. The lowest BCUT2D eigenvalue weighted by molar-refractivity contribution is -0.139. The Morgan fingerprint density at radius 1 is 1.11 bits per heavy atom. The van der Waals surface area contributed by atoms with E-state index in [0.29, 0.717) is 36.0 Å². The molecule has 2 atom stereocenters. The number of hydrogen-bond donors (Lipinski definition) is 2. The molecule has 0 saturated carbocycles. The van der Waals surface area contributed by atoms with Gasteiger partial charge in [0.1, 0.15) is 24.3 Å². The van der Waals surface area contributed by atoms with Crippen LogP contribution in [0.25, 0.3) is 22.3 Å². The summed E-state index contributed by atoms with van der Waals surface area (Å²) in [4.78, 5) is 32.9. The van der Waals surface area contributed by atoms with Crippen molar-refractivity contribution < 1.29 is 14.3 Å². The van der Waals surface area contributed by atoms with Crippen molar-refractivity contribution >= 4 is 28.4 Å². The summed E-state index contributed by atoms with van der Waals surface area (Å²) in [5.41, 5.74) is 3.16. The molecule has 2 aliphatic heterocycles. The van der Waals surface area contributed by atoms with Crippen LogP contribution >= 0.6 is 0 Å². The van der Waals surface area contributed by atoms with E-state index in [2.05, 4.69) is 20.6 Å². The number of carbonyl (C=O) groups excluding carboxylic acids is 1. The number of esters is 1. The van der Waals surface area contributed by atoms with E-state index in [1.54, 1.807) is 25.7 Å². The second kappa shape index (κ2) is 8.90. The van der Waals surface area contributed by atoms with E-state index in [0.717, 1.165) is 22.3 Å². The first-order valence-corrected chi connectivity index (χ1v) is 11.3. The van der Waals surface area contributed by atoms with Crippen molar-refractivity contribution in [3.8, 4) is 17.1 Å². The molecule has 35 heavy (non-hydrogen) atoms. The monoisotopic (exact) mass is 469 g/mol. The molecule has 2 saturated heterocycles. The van der Waals surface area contributed by atoms with E-state index < -0.39 is 0 Å². The first-order chi connectivity index (χ1) is 17.2. The van der Waals surface area contributed by atoms with Gasteiger partial charge in [0.15, 0.2) is 5.82 Å². The minimum Gasteiger partial charge on any atom is -0.494 e. The van der Waals surface area contributed by atoms with Crippen LogP contribution < -0.4 is 15.4 Å². The van der Waals surface area contributed by atoms with Gasteiger partial charge < -0.3 is 20.1 Å². The number of benzene rings is 1. The molecular formula is C25H23N7O3. The number of methoxy groups -OCH3 is 1. The molecule has 0 bridgehead atoms. The van der Waals surface area contributed by atoms with E-state index in [1.807, 2.05) is 47.4 Å². The molecular weight excluding hydrogens is 446 g/mol. The molecule has 176 valence electrons. The highest BCUT2D eigenvalue weighted by Gasteiger charge is 2.43. The highest BCUT2D eigenvalue weighted by molar-refractivity contribution is 5.88. The van der Waals surface area contributed by atoms with Gasteiger partial charge in [-0.15, -0.1) is 0 Å². The lowest BCUT2D eigenvalue weighted by atomic mass is 10.0. The molecule has 3 aromatic heterocycles. The Hall–Kier alpha value is -4.15. The summed E-state index contributed by atoms with van der Waals surface area (Å²) in [5.74, 6) is 1.58. The van der Waals surface area contributed by atoms with Crippen molar-refractivity contribution in [1.82, 2.24) is 30.2 Å². The van der Waals surface area contributed by atoms with Crippen LogP contribution in [-0.2, 0) is 9.53 Å². The van der Waals surface area contributed by atoms with Crippen LogP contribution in [0.15, 0.2) is 61.1 Å². The van der Waals surface area contributed by atoms with Gasteiger partial charge in [-0.3, -0.25) is 9.78 Å². The second-order valence-electron chi connectivity index (χ2n) is 8.39. The number of fused-ring (bicyclic) bond motifs is 2. The van der Waals surface area contributed by atoms with E-state index in [1.165, 1.54) is 0 Å². The van der Waals surface area contributed by atoms with Crippen molar-refractivity contribution in [1.29, 1.82) is 0 Å². The number of rotatable bonds is 5. The third kappa shape index (κ3) is 3.92. The van der Waals surface area contributed by atoms with Crippen LogP contribution in [0.3, 0.4) is 0 Å². The lowest BCUT2D eigenvalue weighted by Crippen LogP contribution is -2.52. The number of para-hydroxylation sites is 1. The molecule has 0 aliphatic carbocycles. The number of cyclic esters (lactones) is 1. The minimum absolute atomic E-state index is 0.204. The van der Waals surface area contributed by atoms with Crippen LogP contribution in [0, 0.1) is 0 Å². The standard InChI is InChI=1S/C25H23N7O3/c1-34-20-13-26-10-17-22(20)23(18-11-27-12-19-25(33)35-14-32(18)19)31-24(30-17)15-7-8-28-21(9-15)29-16-5-3-2-4-6-16/h2-10,13,18-19,27H,11-12,14H2,1H3,(H,28,29). The zero-order valence-electron chi connectivity index (χ0n) is 19.0. The Morgan fingerprint density at radius 3 is 2.83 bits per heavy atom. The van der Waals surface area contributed by atoms with E-state index in [4.69, 9.17) is 19.4 Å². The number of nitrogens with zero attached hydrogens (tertiary/aromatic N) is 5. The van der Waals surface area contributed by atoms with Crippen molar-refractivity contribution in [3.05, 3.63) is 66.7 Å². The molecule has 10 heteroatoms. The molecule has 2 fully saturated rings. The van der Waals surface area contributed by atoms with Crippen molar-refractivity contribution in [2.45, 2.75) is 12.1 Å². The number of ether oxygens (including phenoxy) is 2. The van der Waals surface area contributed by atoms with Crippen molar-refractivity contribution in [2.75, 3.05) is 32.2 Å². The van der Waals surface area contributed by atoms with Gasteiger partial charge in [0.2, 0.25) is 0 Å². The molecule has 2 N–H and O–H groups in total. The zero-order chi connectivity index (χ0) is 23.8. The number of nitrogens with one attached hydrogen (secondary N) is 2. The van der Waals surface area contributed by atoms with E-state index in [9.17, 15) is 4.79 Å². The summed E-state index contributed by atoms with van der Waals surface area (Å²) in [6.45, 7) is 1.38. The van der Waals surface area contributed by atoms with E-state index >= 15 is 0 Å². The molecule has 0 radical (unpaired) electrons. The maximum Gasteiger partial charge on any atom is 0.326 e. The highest BCUT2D eigenvalue weighted by Crippen LogP contribution is 2.36. The Kier molecular flexibility index (Phi) is 5.44. The van der Waals surface area contributed by atoms with Gasteiger partial charge in [-0.05, 0) is 24.3 Å². The normalized spacial score (nSPS) is 19.9. The predicted octanol–water partition coefficient (Wildman–Crippen LogP) is 2.67. The zero-order valence-corrected chi connectivity index (χ0v) is 19.0. The molecule has 2 unspecified atom stereocenters. The number of carbonyl (C=O) groups is 1. The molecule has 6 rings (SSSR count). The molecule has 0 amide bonds.